The van der Waals surface area contributed by atoms with Gasteiger partial charge in [-0.25, -0.2) is 9.37 Å². The van der Waals surface area contributed by atoms with Gasteiger partial charge in [-0.2, -0.15) is 13.2 Å². The molecule has 1 amide bonds. The highest BCUT2D eigenvalue weighted by Gasteiger charge is 2.35. The fourth-order valence-corrected chi connectivity index (χ4v) is 4.62. The van der Waals surface area contributed by atoms with Gasteiger partial charge in [0.15, 0.2) is 0 Å². The quantitative estimate of drug-likeness (QED) is 0.312. The van der Waals surface area contributed by atoms with Crippen LogP contribution < -0.4 is 15.4 Å². The second-order valence-electron chi connectivity index (χ2n) is 9.66. The van der Waals surface area contributed by atoms with Crippen molar-refractivity contribution in [3.8, 4) is 5.75 Å². The lowest BCUT2D eigenvalue weighted by molar-refractivity contribution is -0.0688. The lowest BCUT2D eigenvalue weighted by Crippen LogP contribution is -2.46. The zero-order valence-corrected chi connectivity index (χ0v) is 22.4. The number of likely N-dealkylation sites (tertiary alicyclic amines) is 1. The van der Waals surface area contributed by atoms with Crippen LogP contribution in [-0.2, 0) is 0 Å². The minimum Gasteiger partial charge on any atom is -0.494 e. The van der Waals surface area contributed by atoms with Crippen LogP contribution in [0.25, 0.3) is 22.4 Å². The van der Waals surface area contributed by atoms with Gasteiger partial charge in [-0.3, -0.25) is 4.79 Å². The number of nitrogens with zero attached hydrogens (tertiary/aromatic N) is 2. The van der Waals surface area contributed by atoms with Crippen LogP contribution in [0, 0.1) is 0 Å². The largest absolute Gasteiger partial charge is 0.494 e. The van der Waals surface area contributed by atoms with E-state index in [1.54, 1.807) is 54.6 Å². The summed E-state index contributed by atoms with van der Waals surface area (Å²) in [5, 5.41) is 6.69. The van der Waals surface area contributed by atoms with Crippen LogP contribution in [0.4, 0.5) is 23.2 Å². The Morgan fingerprint density at radius 3 is 2.70 bits per heavy atom. The Kier molecular flexibility index (Phi) is 9.09. The monoisotopic (exact) mass is 556 g/mol. The van der Waals surface area contributed by atoms with E-state index in [4.69, 9.17) is 4.74 Å². The van der Waals surface area contributed by atoms with Crippen LogP contribution >= 0.6 is 0 Å². The molecule has 0 aliphatic carbocycles. The summed E-state index contributed by atoms with van der Waals surface area (Å²) in [7, 11) is 1.85. The van der Waals surface area contributed by atoms with Crippen molar-refractivity contribution in [2.24, 2.45) is 0 Å². The molecule has 1 aliphatic rings. The SMILES string of the molecule is C=C(c1nc(/C=C/CNC(=O)c2cccc(OCC)c2)cc2c(N[C@@H]3CCN(C)C[C@@H]3F)cccc12)C(F)(F)F. The molecule has 2 N–H and O–H groups in total. The number of benzene rings is 2. The molecule has 212 valence electrons. The molecular formula is C30H32F4N4O2. The fraction of sp³-hybridized carbons (Fsp3) is 0.333. The van der Waals surface area contributed by atoms with E-state index in [0.717, 1.165) is 0 Å². The van der Waals surface area contributed by atoms with Gasteiger partial charge < -0.3 is 20.3 Å². The molecule has 1 aliphatic heterocycles. The first-order valence-corrected chi connectivity index (χ1v) is 13.0. The molecule has 2 atom stereocenters. The molecule has 1 fully saturated rings. The Balaban J connectivity index is 1.60. The highest BCUT2D eigenvalue weighted by Crippen LogP contribution is 2.37. The third kappa shape index (κ3) is 6.98. The van der Waals surface area contributed by atoms with Crippen LogP contribution in [0.15, 0.2) is 61.2 Å². The molecule has 0 spiro atoms. The third-order valence-corrected chi connectivity index (χ3v) is 6.68. The molecule has 0 unspecified atom stereocenters. The number of nitrogens with one attached hydrogen (secondary N) is 2. The summed E-state index contributed by atoms with van der Waals surface area (Å²) in [6.45, 7) is 6.67. The summed E-state index contributed by atoms with van der Waals surface area (Å²) in [5.74, 6) is 0.251. The Morgan fingerprint density at radius 2 is 1.98 bits per heavy atom. The minimum atomic E-state index is -4.69. The summed E-state index contributed by atoms with van der Waals surface area (Å²) >= 11 is 0. The molecule has 4 rings (SSSR count). The van der Waals surface area contributed by atoms with Crippen molar-refractivity contribution in [2.75, 3.05) is 38.6 Å². The number of hydrogen-bond donors (Lipinski definition) is 2. The molecule has 0 saturated carbocycles. The standard InChI is InChI=1S/C30H32F4N4O2/c1-4-40-22-10-5-8-20(16-22)29(39)35-14-7-9-21-17-24-23(28(36-21)19(2)30(32,33)34)11-6-12-26(24)37-27-13-15-38(3)18-25(27)31/h5-12,16-17,25,27,37H,2,4,13-15,18H2,1,3H3,(H,35,39)/b9-7+/t25-,27+/m0/s1. The molecule has 3 aromatic rings. The maximum atomic E-state index is 14.7. The maximum absolute atomic E-state index is 14.7. The first kappa shape index (κ1) is 29.1. The van der Waals surface area contributed by atoms with E-state index in [1.807, 2.05) is 18.9 Å². The molecule has 40 heavy (non-hydrogen) atoms. The first-order valence-electron chi connectivity index (χ1n) is 13.0. The average Bonchev–Trinajstić information content (AvgIpc) is 2.91. The number of ether oxygens (including phenoxy) is 1. The summed E-state index contributed by atoms with van der Waals surface area (Å²) in [6.07, 6.45) is -2.12. The second kappa shape index (κ2) is 12.5. The average molecular weight is 557 g/mol. The Labute approximate surface area is 230 Å². The van der Waals surface area contributed by atoms with Gasteiger partial charge in [-0.1, -0.05) is 30.9 Å². The van der Waals surface area contributed by atoms with Crippen molar-refractivity contribution in [1.82, 2.24) is 15.2 Å². The predicted molar refractivity (Wildman–Crippen MR) is 150 cm³/mol. The highest BCUT2D eigenvalue weighted by atomic mass is 19.4. The molecule has 10 heteroatoms. The van der Waals surface area contributed by atoms with Gasteiger partial charge in [0.25, 0.3) is 5.91 Å². The number of pyridine rings is 1. The molecule has 6 nitrogen and oxygen atoms in total. The third-order valence-electron chi connectivity index (χ3n) is 6.68. The molecule has 1 aromatic heterocycles. The number of aromatic nitrogens is 1. The van der Waals surface area contributed by atoms with E-state index in [9.17, 15) is 22.4 Å². The lowest BCUT2D eigenvalue weighted by atomic mass is 9.99. The summed E-state index contributed by atoms with van der Waals surface area (Å²) < 4.78 is 61.3. The van der Waals surface area contributed by atoms with Gasteiger partial charge in [-0.05, 0) is 56.8 Å². The van der Waals surface area contributed by atoms with Crippen molar-refractivity contribution in [1.29, 1.82) is 0 Å². The number of hydrogen-bond acceptors (Lipinski definition) is 5. The summed E-state index contributed by atoms with van der Waals surface area (Å²) in [4.78, 5) is 18.7. The number of fused-ring (bicyclic) bond motifs is 1. The Bertz CT molecular complexity index is 1410. The lowest BCUT2D eigenvalue weighted by Gasteiger charge is -2.33. The molecule has 2 heterocycles. The van der Waals surface area contributed by atoms with Gasteiger partial charge >= 0.3 is 6.18 Å². The van der Waals surface area contributed by atoms with Crippen molar-refractivity contribution < 1.29 is 27.1 Å². The van der Waals surface area contributed by atoms with E-state index >= 15 is 0 Å². The molecule has 0 radical (unpaired) electrons. The molecule has 2 aromatic carbocycles. The van der Waals surface area contributed by atoms with Crippen LogP contribution in [0.2, 0.25) is 0 Å². The molecular weight excluding hydrogens is 524 g/mol. The number of rotatable bonds is 9. The van der Waals surface area contributed by atoms with Crippen LogP contribution in [0.1, 0.15) is 35.1 Å². The molecule has 1 saturated heterocycles. The molecule has 0 bridgehead atoms. The zero-order chi connectivity index (χ0) is 28.9. The second-order valence-corrected chi connectivity index (χ2v) is 9.66. The van der Waals surface area contributed by atoms with Gasteiger partial charge in [0.2, 0.25) is 0 Å². The van der Waals surface area contributed by atoms with E-state index in [1.165, 1.54) is 6.08 Å². The highest BCUT2D eigenvalue weighted by molar-refractivity contribution is 6.01. The van der Waals surface area contributed by atoms with Crippen LogP contribution in [-0.4, -0.2) is 67.5 Å². The number of amides is 1. The number of halogens is 4. The van der Waals surface area contributed by atoms with Crippen LogP contribution in [0.5, 0.6) is 5.75 Å². The predicted octanol–water partition coefficient (Wildman–Crippen LogP) is 6.11. The van der Waals surface area contributed by atoms with Crippen molar-refractivity contribution >= 4 is 34.0 Å². The Hall–Kier alpha value is -3.92. The van der Waals surface area contributed by atoms with Gasteiger partial charge in [0.1, 0.15) is 11.9 Å². The maximum Gasteiger partial charge on any atom is 0.417 e. The minimum absolute atomic E-state index is 0.117. The number of piperidine rings is 1. The zero-order valence-electron chi connectivity index (χ0n) is 22.4. The van der Waals surface area contributed by atoms with Crippen molar-refractivity contribution in [2.45, 2.75) is 31.7 Å². The van der Waals surface area contributed by atoms with Gasteiger partial charge in [0, 0.05) is 41.7 Å². The van der Waals surface area contributed by atoms with Crippen molar-refractivity contribution in [3.63, 3.8) is 0 Å². The van der Waals surface area contributed by atoms with Gasteiger partial charge in [-0.15, -0.1) is 0 Å². The van der Waals surface area contributed by atoms with E-state index in [0.29, 0.717) is 42.0 Å². The fourth-order valence-electron chi connectivity index (χ4n) is 4.62. The van der Waals surface area contributed by atoms with E-state index in [-0.39, 0.29) is 35.8 Å². The van der Waals surface area contributed by atoms with E-state index < -0.39 is 24.0 Å². The number of carbonyl (C=O) groups is 1. The van der Waals surface area contributed by atoms with Crippen molar-refractivity contribution in [3.05, 3.63) is 78.1 Å². The summed E-state index contributed by atoms with van der Waals surface area (Å²) in [5.41, 5.74) is -0.191. The topological polar surface area (TPSA) is 66.5 Å². The van der Waals surface area contributed by atoms with Gasteiger partial charge in [0.05, 0.1) is 29.6 Å². The smallest absolute Gasteiger partial charge is 0.417 e. The number of allylic oxidation sites excluding steroid dienone is 1. The van der Waals surface area contributed by atoms with E-state index in [2.05, 4.69) is 22.2 Å². The number of carbonyl (C=O) groups excluding carboxylic acids is 1. The Morgan fingerprint density at radius 1 is 1.20 bits per heavy atom. The number of anilines is 1. The normalized spacial score (nSPS) is 18.1. The van der Waals surface area contributed by atoms with Crippen LogP contribution in [0.3, 0.4) is 0 Å². The summed E-state index contributed by atoms with van der Waals surface area (Å²) in [6, 6.07) is 12.8. The number of alkyl halides is 4. The first-order chi connectivity index (χ1) is 19.1.